The van der Waals surface area contributed by atoms with Crippen molar-refractivity contribution in [2.75, 3.05) is 25.2 Å². The highest BCUT2D eigenvalue weighted by atomic mass is 35.5. The summed E-state index contributed by atoms with van der Waals surface area (Å²) in [6.07, 6.45) is 7.55. The lowest BCUT2D eigenvalue weighted by Crippen LogP contribution is -2.30. The van der Waals surface area contributed by atoms with Crippen LogP contribution in [0.5, 0.6) is 5.75 Å². The van der Waals surface area contributed by atoms with Crippen LogP contribution in [-0.4, -0.2) is 40.0 Å². The first-order valence-electron chi connectivity index (χ1n) is 11.6. The van der Waals surface area contributed by atoms with Crippen LogP contribution in [-0.2, 0) is 11.3 Å². The number of halogens is 1. The third-order valence-electron chi connectivity index (χ3n) is 6.08. The van der Waals surface area contributed by atoms with E-state index >= 15 is 0 Å². The summed E-state index contributed by atoms with van der Waals surface area (Å²) in [6.45, 7) is 1.60. The van der Waals surface area contributed by atoms with Crippen LogP contribution < -0.4 is 15.0 Å². The number of benzene rings is 1. The fourth-order valence-electron chi connectivity index (χ4n) is 4.45. The first-order valence-corrected chi connectivity index (χ1v) is 12.4. The number of thiocarbonyl (C=S) groups is 1. The van der Waals surface area contributed by atoms with Crippen LogP contribution in [0, 0.1) is 0 Å². The van der Waals surface area contributed by atoms with E-state index in [1.807, 2.05) is 48.7 Å². The maximum atomic E-state index is 6.62. The zero-order valence-corrected chi connectivity index (χ0v) is 21.3. The number of nitrogens with zero attached hydrogens (tertiary/aromatic N) is 4. The Morgan fingerprint density at radius 1 is 1.06 bits per heavy atom. The van der Waals surface area contributed by atoms with Crippen LogP contribution in [0.15, 0.2) is 85.5 Å². The molecule has 3 aromatic heterocycles. The van der Waals surface area contributed by atoms with E-state index in [0.717, 1.165) is 22.6 Å². The zero-order chi connectivity index (χ0) is 24.9. The van der Waals surface area contributed by atoms with Gasteiger partial charge in [-0.25, -0.2) is 0 Å². The highest BCUT2D eigenvalue weighted by Gasteiger charge is 2.42. The minimum absolute atomic E-state index is 0.155. The van der Waals surface area contributed by atoms with Crippen LogP contribution in [0.3, 0.4) is 0 Å². The zero-order valence-electron chi connectivity index (χ0n) is 19.8. The van der Waals surface area contributed by atoms with Crippen LogP contribution in [0.1, 0.15) is 29.0 Å². The Bertz CT molecular complexity index is 1320. The summed E-state index contributed by atoms with van der Waals surface area (Å²) in [6, 6.07) is 19.6. The van der Waals surface area contributed by atoms with E-state index < -0.39 is 0 Å². The summed E-state index contributed by atoms with van der Waals surface area (Å²) in [5.41, 5.74) is 3.99. The predicted molar refractivity (Wildman–Crippen MR) is 145 cm³/mol. The van der Waals surface area contributed by atoms with Crippen molar-refractivity contribution in [2.45, 2.75) is 18.6 Å². The van der Waals surface area contributed by atoms with Crippen LogP contribution in [0.2, 0.25) is 5.02 Å². The van der Waals surface area contributed by atoms with Crippen molar-refractivity contribution in [2.24, 2.45) is 0 Å². The summed E-state index contributed by atoms with van der Waals surface area (Å²) < 4.78 is 13.1. The monoisotopic (exact) mass is 519 g/mol. The Balaban J connectivity index is 1.53. The van der Waals surface area contributed by atoms with Gasteiger partial charge in [-0.15, -0.1) is 0 Å². The Kier molecular flexibility index (Phi) is 7.46. The van der Waals surface area contributed by atoms with Crippen molar-refractivity contribution >= 4 is 34.6 Å². The van der Waals surface area contributed by atoms with E-state index in [9.17, 15) is 0 Å². The molecule has 1 saturated heterocycles. The smallest absolute Gasteiger partial charge is 0.174 e. The van der Waals surface area contributed by atoms with Gasteiger partial charge in [0.15, 0.2) is 5.11 Å². The van der Waals surface area contributed by atoms with Gasteiger partial charge in [0.1, 0.15) is 18.4 Å². The fourth-order valence-corrected chi connectivity index (χ4v) is 5.03. The molecule has 0 unspecified atom stereocenters. The van der Waals surface area contributed by atoms with Gasteiger partial charge in [-0.1, -0.05) is 23.7 Å². The molecule has 36 heavy (non-hydrogen) atoms. The largest absolute Gasteiger partial charge is 0.490 e. The van der Waals surface area contributed by atoms with Crippen molar-refractivity contribution < 1.29 is 9.47 Å². The molecule has 0 spiro atoms. The summed E-state index contributed by atoms with van der Waals surface area (Å²) >= 11 is 12.5. The van der Waals surface area contributed by atoms with Gasteiger partial charge < -0.3 is 24.3 Å². The Morgan fingerprint density at radius 3 is 2.72 bits per heavy atom. The molecule has 1 aliphatic rings. The van der Waals surface area contributed by atoms with Crippen molar-refractivity contribution in [3.63, 3.8) is 0 Å². The van der Waals surface area contributed by atoms with Crippen molar-refractivity contribution in [3.8, 4) is 5.75 Å². The van der Waals surface area contributed by atoms with Crippen molar-refractivity contribution in [1.29, 1.82) is 0 Å². The summed E-state index contributed by atoms with van der Waals surface area (Å²) in [5, 5.41) is 4.62. The molecule has 4 aromatic rings. The van der Waals surface area contributed by atoms with Crippen molar-refractivity contribution in [1.82, 2.24) is 19.9 Å². The number of methoxy groups -OCH3 is 1. The number of hydrogen-bond donors (Lipinski definition) is 1. The molecule has 1 fully saturated rings. The molecule has 2 atom stereocenters. The molecule has 0 bridgehead atoms. The van der Waals surface area contributed by atoms with Gasteiger partial charge in [-0.2, -0.15) is 0 Å². The van der Waals surface area contributed by atoms with Crippen LogP contribution in [0.4, 0.5) is 5.69 Å². The standard InChI is InChI=1S/C27H26ClN5O2S/c1-34-14-15-35-24-10-9-20(16-21(24)28)33-26(25(31-27(33)36)22-7-2-3-12-30-22)23-8-5-13-32(23)18-19-6-4-11-29-17-19/h2-13,16-17,25-26H,14-15,18H2,1H3,(H,31,36)/t25-,26-/m0/s1. The van der Waals surface area contributed by atoms with Gasteiger partial charge in [0.25, 0.3) is 0 Å². The van der Waals surface area contributed by atoms with Crippen LogP contribution in [0.25, 0.3) is 0 Å². The Hall–Kier alpha value is -3.46. The normalized spacial score (nSPS) is 17.3. The molecule has 4 heterocycles. The van der Waals surface area contributed by atoms with Gasteiger partial charge in [-0.05, 0) is 66.3 Å². The molecule has 5 rings (SSSR count). The van der Waals surface area contributed by atoms with Gasteiger partial charge in [0, 0.05) is 49.8 Å². The molecule has 0 radical (unpaired) electrons. The number of aromatic nitrogens is 3. The number of hydrogen-bond acceptors (Lipinski definition) is 5. The van der Waals surface area contributed by atoms with Gasteiger partial charge >= 0.3 is 0 Å². The molecule has 0 amide bonds. The number of nitrogens with one attached hydrogen (secondary N) is 1. The van der Waals surface area contributed by atoms with E-state index in [2.05, 4.69) is 49.1 Å². The van der Waals surface area contributed by atoms with Crippen molar-refractivity contribution in [3.05, 3.63) is 107 Å². The highest BCUT2D eigenvalue weighted by molar-refractivity contribution is 7.80. The van der Waals surface area contributed by atoms with Gasteiger partial charge in [-0.3, -0.25) is 9.97 Å². The average Bonchev–Trinajstić information content (AvgIpc) is 3.49. The molecule has 7 nitrogen and oxygen atoms in total. The topological polar surface area (TPSA) is 64.4 Å². The molecule has 184 valence electrons. The number of anilines is 1. The van der Waals surface area contributed by atoms with Crippen LogP contribution >= 0.6 is 23.8 Å². The average molecular weight is 520 g/mol. The number of rotatable bonds is 9. The lowest BCUT2D eigenvalue weighted by atomic mass is 10.0. The molecule has 0 aliphatic carbocycles. The van der Waals surface area contributed by atoms with E-state index in [1.165, 1.54) is 0 Å². The number of pyridine rings is 2. The third-order valence-corrected chi connectivity index (χ3v) is 6.69. The molecular weight excluding hydrogens is 494 g/mol. The lowest BCUT2D eigenvalue weighted by Gasteiger charge is -2.29. The second-order valence-corrected chi connectivity index (χ2v) is 9.17. The molecule has 1 aromatic carbocycles. The lowest BCUT2D eigenvalue weighted by molar-refractivity contribution is 0.146. The number of ether oxygens (including phenoxy) is 2. The molecule has 0 saturated carbocycles. The SMILES string of the molecule is COCCOc1ccc(N2C(=S)N[C@@H](c3ccccn3)[C@@H]2c2cccn2Cc2cccnc2)cc1Cl. The van der Waals surface area contributed by atoms with E-state index in [0.29, 0.717) is 35.6 Å². The fraction of sp³-hybridized carbons (Fsp3) is 0.222. The predicted octanol–water partition coefficient (Wildman–Crippen LogP) is 5.18. The first kappa shape index (κ1) is 24.2. The molecule has 9 heteroatoms. The van der Waals surface area contributed by atoms with E-state index in [4.69, 9.17) is 33.3 Å². The maximum Gasteiger partial charge on any atom is 0.174 e. The first-order chi connectivity index (χ1) is 17.7. The summed E-state index contributed by atoms with van der Waals surface area (Å²) in [5.74, 6) is 0.605. The second kappa shape index (κ2) is 11.1. The second-order valence-electron chi connectivity index (χ2n) is 8.37. The maximum absolute atomic E-state index is 6.62. The van der Waals surface area contributed by atoms with Gasteiger partial charge in [0.2, 0.25) is 0 Å². The summed E-state index contributed by atoms with van der Waals surface area (Å²) in [7, 11) is 1.64. The van der Waals surface area contributed by atoms with E-state index in [-0.39, 0.29) is 12.1 Å². The van der Waals surface area contributed by atoms with Gasteiger partial charge in [0.05, 0.1) is 23.4 Å². The minimum Gasteiger partial charge on any atom is -0.490 e. The highest BCUT2D eigenvalue weighted by Crippen LogP contribution is 2.43. The Morgan fingerprint density at radius 2 is 1.97 bits per heavy atom. The Labute approximate surface area is 220 Å². The summed E-state index contributed by atoms with van der Waals surface area (Å²) in [4.78, 5) is 11.0. The third kappa shape index (κ3) is 5.06. The minimum atomic E-state index is -0.157. The molecule has 1 N–H and O–H groups in total. The quantitative estimate of drug-likeness (QED) is 0.241. The molecular formula is C27H26ClN5O2S. The molecule has 1 aliphatic heterocycles. The van der Waals surface area contributed by atoms with E-state index in [1.54, 1.807) is 19.5 Å².